The molecule has 19 heavy (non-hydrogen) atoms. The van der Waals surface area contributed by atoms with E-state index in [0.29, 0.717) is 6.42 Å². The number of esters is 1. The van der Waals surface area contributed by atoms with E-state index in [4.69, 9.17) is 4.74 Å². The molecule has 0 rings (SSSR count). The van der Waals surface area contributed by atoms with Gasteiger partial charge < -0.3 is 14.8 Å². The Bertz CT molecular complexity index is 279. The van der Waals surface area contributed by atoms with Gasteiger partial charge >= 0.3 is 5.97 Å². The molecule has 0 aromatic heterocycles. The van der Waals surface area contributed by atoms with Gasteiger partial charge in [0.25, 0.3) is 0 Å². The fourth-order valence-corrected chi connectivity index (χ4v) is 1.75. The van der Waals surface area contributed by atoms with Gasteiger partial charge in [0.1, 0.15) is 12.6 Å². The topological polar surface area (TPSA) is 64.6 Å². The van der Waals surface area contributed by atoms with Gasteiger partial charge in [0, 0.05) is 7.11 Å². The van der Waals surface area contributed by atoms with Crippen LogP contribution in [-0.2, 0) is 19.1 Å². The van der Waals surface area contributed by atoms with E-state index >= 15 is 0 Å². The molecule has 1 amide bonds. The van der Waals surface area contributed by atoms with Crippen molar-refractivity contribution in [3.8, 4) is 0 Å². The lowest BCUT2D eigenvalue weighted by molar-refractivity contribution is -0.145. The van der Waals surface area contributed by atoms with Crippen molar-refractivity contribution in [2.45, 2.75) is 44.6 Å². The first-order valence-electron chi connectivity index (χ1n) is 6.62. The Morgan fingerprint density at radius 1 is 1.21 bits per heavy atom. The number of hydrogen-bond donors (Lipinski definition) is 1. The fourth-order valence-electron chi connectivity index (χ4n) is 1.75. The van der Waals surface area contributed by atoms with E-state index in [1.807, 2.05) is 6.08 Å². The number of carbonyl (C=O) groups excluding carboxylic acids is 2. The number of methoxy groups -OCH3 is 2. The number of ether oxygens (including phenoxy) is 2. The van der Waals surface area contributed by atoms with E-state index in [-0.39, 0.29) is 12.5 Å². The van der Waals surface area contributed by atoms with Crippen LogP contribution in [0.3, 0.4) is 0 Å². The van der Waals surface area contributed by atoms with Gasteiger partial charge in [0.05, 0.1) is 7.11 Å². The van der Waals surface area contributed by atoms with Crippen LogP contribution in [0.1, 0.15) is 38.5 Å². The number of nitrogens with one attached hydrogen (secondary N) is 1. The van der Waals surface area contributed by atoms with E-state index in [2.05, 4.69) is 16.6 Å². The molecule has 0 radical (unpaired) electrons. The Hall–Kier alpha value is -1.36. The predicted molar refractivity (Wildman–Crippen MR) is 73.7 cm³/mol. The smallest absolute Gasteiger partial charge is 0.328 e. The molecular formula is C14H25NO4. The standard InChI is InChI=1S/C14H25NO4/c1-4-5-6-7-8-9-10-12(14(17)19-3)15-13(16)11-18-2/h4,12H,1,5-11H2,2-3H3,(H,15,16)/t12-/m1/s1. The number of amides is 1. The minimum Gasteiger partial charge on any atom is -0.467 e. The third-order valence-electron chi connectivity index (χ3n) is 2.75. The Balaban J connectivity index is 3.96. The number of unbranched alkanes of at least 4 members (excludes halogenated alkanes) is 4. The van der Waals surface area contributed by atoms with E-state index < -0.39 is 12.0 Å². The van der Waals surface area contributed by atoms with Crippen molar-refractivity contribution in [3.05, 3.63) is 12.7 Å². The normalized spacial score (nSPS) is 11.7. The highest BCUT2D eigenvalue weighted by molar-refractivity contribution is 5.84. The van der Waals surface area contributed by atoms with Crippen molar-refractivity contribution >= 4 is 11.9 Å². The lowest BCUT2D eigenvalue weighted by Gasteiger charge is -2.16. The first-order valence-corrected chi connectivity index (χ1v) is 6.62. The predicted octanol–water partition coefficient (Wildman–Crippen LogP) is 1.82. The molecule has 110 valence electrons. The summed E-state index contributed by atoms with van der Waals surface area (Å²) in [5.41, 5.74) is 0. The van der Waals surface area contributed by atoms with Crippen LogP contribution in [0.4, 0.5) is 0 Å². The van der Waals surface area contributed by atoms with Crippen molar-refractivity contribution in [1.29, 1.82) is 0 Å². The summed E-state index contributed by atoms with van der Waals surface area (Å²) in [6.45, 7) is 3.62. The molecule has 0 aromatic rings. The molecule has 0 spiro atoms. The van der Waals surface area contributed by atoms with Gasteiger partial charge in [-0.1, -0.05) is 25.3 Å². The van der Waals surface area contributed by atoms with E-state index in [9.17, 15) is 9.59 Å². The lowest BCUT2D eigenvalue weighted by atomic mass is 10.1. The molecule has 0 heterocycles. The van der Waals surface area contributed by atoms with E-state index in [0.717, 1.165) is 32.1 Å². The van der Waals surface area contributed by atoms with Crippen LogP contribution in [0, 0.1) is 0 Å². The van der Waals surface area contributed by atoms with Crippen molar-refractivity contribution < 1.29 is 19.1 Å². The van der Waals surface area contributed by atoms with Gasteiger partial charge in [0.2, 0.25) is 5.91 Å². The first kappa shape index (κ1) is 17.6. The van der Waals surface area contributed by atoms with Gasteiger partial charge in [-0.25, -0.2) is 4.79 Å². The van der Waals surface area contributed by atoms with Crippen molar-refractivity contribution in [2.75, 3.05) is 20.8 Å². The van der Waals surface area contributed by atoms with Crippen LogP contribution < -0.4 is 5.32 Å². The average molecular weight is 271 g/mol. The van der Waals surface area contributed by atoms with E-state index in [1.54, 1.807) is 0 Å². The molecule has 5 nitrogen and oxygen atoms in total. The molecule has 0 saturated heterocycles. The molecule has 1 atom stereocenters. The van der Waals surface area contributed by atoms with E-state index in [1.165, 1.54) is 14.2 Å². The maximum Gasteiger partial charge on any atom is 0.328 e. The highest BCUT2D eigenvalue weighted by Gasteiger charge is 2.20. The van der Waals surface area contributed by atoms with Gasteiger partial charge in [-0.3, -0.25) is 4.79 Å². The summed E-state index contributed by atoms with van der Waals surface area (Å²) < 4.78 is 9.39. The van der Waals surface area contributed by atoms with Crippen LogP contribution in [0.15, 0.2) is 12.7 Å². The van der Waals surface area contributed by atoms with Gasteiger partial charge in [-0.05, 0) is 19.3 Å². The van der Waals surface area contributed by atoms with Crippen LogP contribution in [0.2, 0.25) is 0 Å². The molecule has 0 bridgehead atoms. The molecule has 1 N–H and O–H groups in total. The molecule has 5 heteroatoms. The molecule has 0 aromatic carbocycles. The maximum absolute atomic E-state index is 11.5. The van der Waals surface area contributed by atoms with Crippen molar-refractivity contribution in [3.63, 3.8) is 0 Å². The summed E-state index contributed by atoms with van der Waals surface area (Å²) in [6.07, 6.45) is 7.64. The molecule has 0 saturated carbocycles. The molecule has 0 fully saturated rings. The third-order valence-corrected chi connectivity index (χ3v) is 2.75. The number of hydrogen-bond acceptors (Lipinski definition) is 4. The molecule has 0 aliphatic rings. The zero-order chi connectivity index (χ0) is 14.5. The molecule has 0 aliphatic carbocycles. The molecule has 0 unspecified atom stereocenters. The minimum atomic E-state index is -0.577. The summed E-state index contributed by atoms with van der Waals surface area (Å²) in [4.78, 5) is 22.9. The zero-order valence-electron chi connectivity index (χ0n) is 11.9. The largest absolute Gasteiger partial charge is 0.467 e. The lowest BCUT2D eigenvalue weighted by Crippen LogP contribution is -2.43. The Kier molecular flexibility index (Phi) is 10.9. The summed E-state index contributed by atoms with van der Waals surface area (Å²) in [5.74, 6) is -0.708. The van der Waals surface area contributed by atoms with Crippen LogP contribution in [-0.4, -0.2) is 38.7 Å². The maximum atomic E-state index is 11.5. The quantitative estimate of drug-likeness (QED) is 0.354. The summed E-state index contributed by atoms with van der Waals surface area (Å²) >= 11 is 0. The van der Waals surface area contributed by atoms with Crippen molar-refractivity contribution in [2.24, 2.45) is 0 Å². The van der Waals surface area contributed by atoms with Crippen LogP contribution in [0.25, 0.3) is 0 Å². The highest BCUT2D eigenvalue weighted by Crippen LogP contribution is 2.08. The second-order valence-electron chi connectivity index (χ2n) is 4.36. The number of allylic oxidation sites excluding steroid dienone is 1. The monoisotopic (exact) mass is 271 g/mol. The van der Waals surface area contributed by atoms with Gasteiger partial charge in [-0.2, -0.15) is 0 Å². The van der Waals surface area contributed by atoms with Crippen LogP contribution >= 0.6 is 0 Å². The summed E-state index contributed by atoms with van der Waals surface area (Å²) in [5, 5.41) is 2.62. The van der Waals surface area contributed by atoms with Gasteiger partial charge in [-0.15, -0.1) is 6.58 Å². The Labute approximate surface area is 115 Å². The summed E-state index contributed by atoms with van der Waals surface area (Å²) in [6, 6.07) is -0.577. The van der Waals surface area contributed by atoms with Gasteiger partial charge in [0.15, 0.2) is 0 Å². The second kappa shape index (κ2) is 11.7. The Morgan fingerprint density at radius 3 is 2.47 bits per heavy atom. The fraction of sp³-hybridized carbons (Fsp3) is 0.714. The SMILES string of the molecule is C=CCCCCCC[C@@H](NC(=O)COC)C(=O)OC. The third kappa shape index (κ3) is 9.25. The molecular weight excluding hydrogens is 246 g/mol. The number of rotatable bonds is 11. The number of carbonyl (C=O) groups is 2. The second-order valence-corrected chi connectivity index (χ2v) is 4.36. The highest BCUT2D eigenvalue weighted by atomic mass is 16.5. The average Bonchev–Trinajstić information content (AvgIpc) is 2.40. The Morgan fingerprint density at radius 2 is 1.89 bits per heavy atom. The first-order chi connectivity index (χ1) is 9.15. The zero-order valence-corrected chi connectivity index (χ0v) is 11.9. The minimum absolute atomic E-state index is 0.0488. The van der Waals surface area contributed by atoms with Crippen molar-refractivity contribution in [1.82, 2.24) is 5.32 Å². The summed E-state index contributed by atoms with van der Waals surface area (Å²) in [7, 11) is 2.76. The van der Waals surface area contributed by atoms with Crippen LogP contribution in [0.5, 0.6) is 0 Å². The molecule has 0 aliphatic heterocycles.